The van der Waals surface area contributed by atoms with Gasteiger partial charge >= 0.3 is 0 Å². The molecule has 1 heterocycles. The van der Waals surface area contributed by atoms with Crippen LogP contribution < -0.4 is 16.0 Å². The molecule has 0 saturated heterocycles. The van der Waals surface area contributed by atoms with Gasteiger partial charge in [-0.15, -0.1) is 0 Å². The number of anilines is 2. The highest BCUT2D eigenvalue weighted by atomic mass is 19.1. The Morgan fingerprint density at radius 2 is 1.83 bits per heavy atom. The van der Waals surface area contributed by atoms with Gasteiger partial charge in [0.2, 0.25) is 0 Å². The van der Waals surface area contributed by atoms with E-state index in [1.54, 1.807) is 31.2 Å². The quantitative estimate of drug-likeness (QED) is 0.614. The van der Waals surface area contributed by atoms with Crippen LogP contribution in [0.1, 0.15) is 36.9 Å². The average molecular weight is 395 g/mol. The third-order valence-corrected chi connectivity index (χ3v) is 4.34. The molecule has 0 atom stereocenters. The van der Waals surface area contributed by atoms with Crippen LogP contribution in [0.4, 0.5) is 15.8 Å². The first-order chi connectivity index (χ1) is 13.8. The van der Waals surface area contributed by atoms with Crippen molar-refractivity contribution in [2.24, 2.45) is 5.73 Å². The number of primary amides is 1. The van der Waals surface area contributed by atoms with Crippen molar-refractivity contribution in [1.82, 2.24) is 9.97 Å². The van der Waals surface area contributed by atoms with Crippen LogP contribution in [0.3, 0.4) is 0 Å². The number of nitrogens with two attached hydrogens (primary N) is 1. The summed E-state index contributed by atoms with van der Waals surface area (Å²) in [6.07, 6.45) is 1.22. The van der Waals surface area contributed by atoms with Gasteiger partial charge in [0.25, 0.3) is 17.7 Å². The van der Waals surface area contributed by atoms with Crippen LogP contribution in [0.15, 0.2) is 48.8 Å². The van der Waals surface area contributed by atoms with E-state index in [1.165, 1.54) is 36.5 Å². The summed E-state index contributed by atoms with van der Waals surface area (Å²) in [6.45, 7) is 1.61. The van der Waals surface area contributed by atoms with Gasteiger partial charge in [0, 0.05) is 24.0 Å². The Kier molecular flexibility index (Phi) is 5.40. The van der Waals surface area contributed by atoms with Gasteiger partial charge in [-0.3, -0.25) is 14.4 Å². The van der Waals surface area contributed by atoms with E-state index in [-0.39, 0.29) is 17.0 Å². The van der Waals surface area contributed by atoms with Crippen molar-refractivity contribution < 1.29 is 18.8 Å². The number of carbonyl (C=O) groups excluding carboxylic acids is 3. The van der Waals surface area contributed by atoms with Gasteiger partial charge in [-0.2, -0.15) is 0 Å². The molecular formula is C20H18FN5O3. The predicted molar refractivity (Wildman–Crippen MR) is 105 cm³/mol. The number of hydrogen-bond donors (Lipinski definition) is 3. The molecule has 8 nitrogen and oxygen atoms in total. The first-order valence-electron chi connectivity index (χ1n) is 8.56. The molecular weight excluding hydrogens is 377 g/mol. The molecule has 1 aromatic heterocycles. The largest absolute Gasteiger partial charge is 0.364 e. The van der Waals surface area contributed by atoms with Gasteiger partial charge in [-0.25, -0.2) is 9.37 Å². The second kappa shape index (κ2) is 7.93. The van der Waals surface area contributed by atoms with E-state index < -0.39 is 23.5 Å². The molecule has 0 unspecified atom stereocenters. The van der Waals surface area contributed by atoms with E-state index in [1.807, 2.05) is 0 Å². The molecule has 3 rings (SSSR count). The third-order valence-electron chi connectivity index (χ3n) is 4.34. The number of aromatic nitrogens is 2. The van der Waals surface area contributed by atoms with Gasteiger partial charge in [-0.05, 0) is 48.9 Å². The highest BCUT2D eigenvalue weighted by Gasteiger charge is 2.22. The Balaban J connectivity index is 1.73. The summed E-state index contributed by atoms with van der Waals surface area (Å²) in [4.78, 5) is 43.9. The molecule has 0 aliphatic rings. The summed E-state index contributed by atoms with van der Waals surface area (Å²) in [7, 11) is 1.52. The smallest absolute Gasteiger partial charge is 0.279 e. The number of rotatable bonds is 5. The minimum atomic E-state index is -0.787. The molecule has 0 aliphatic carbocycles. The van der Waals surface area contributed by atoms with E-state index in [4.69, 9.17) is 5.73 Å². The van der Waals surface area contributed by atoms with Gasteiger partial charge < -0.3 is 20.9 Å². The lowest BCUT2D eigenvalue weighted by Crippen LogP contribution is -2.29. The monoisotopic (exact) mass is 395 g/mol. The standard InChI is InChI=1S/C20H18FN5O3/c1-11-3-4-12(9-15(11)21)19(28)25-13-5-7-14(8-6-13)26(2)20(29)17-16(18(22)27)23-10-24-17/h3-10H,1-2H3,(H2,22,27)(H,23,24)(H,25,28). The van der Waals surface area contributed by atoms with Crippen LogP contribution in [-0.2, 0) is 0 Å². The molecule has 3 amide bonds. The zero-order valence-electron chi connectivity index (χ0n) is 15.7. The Hall–Kier alpha value is -4.01. The number of carbonyl (C=O) groups is 3. The summed E-state index contributed by atoms with van der Waals surface area (Å²) in [5.41, 5.74) is 6.69. The molecule has 29 heavy (non-hydrogen) atoms. The summed E-state index contributed by atoms with van der Waals surface area (Å²) in [5, 5.41) is 2.66. The fraction of sp³-hybridized carbons (Fsp3) is 0.100. The highest BCUT2D eigenvalue weighted by molar-refractivity contribution is 6.11. The van der Waals surface area contributed by atoms with Crippen molar-refractivity contribution in [2.45, 2.75) is 6.92 Å². The van der Waals surface area contributed by atoms with Gasteiger partial charge in [0.1, 0.15) is 11.5 Å². The number of H-pyrrole nitrogens is 1. The summed E-state index contributed by atoms with van der Waals surface area (Å²) in [5.74, 6) is -2.22. The molecule has 4 N–H and O–H groups in total. The normalized spacial score (nSPS) is 10.4. The number of amides is 3. The van der Waals surface area contributed by atoms with Crippen molar-refractivity contribution in [3.8, 4) is 0 Å². The minimum Gasteiger partial charge on any atom is -0.364 e. The number of halogens is 1. The van der Waals surface area contributed by atoms with Crippen LogP contribution in [0.25, 0.3) is 0 Å². The topological polar surface area (TPSA) is 121 Å². The molecule has 0 aliphatic heterocycles. The Bertz CT molecular complexity index is 1090. The number of imidazole rings is 1. The molecule has 0 bridgehead atoms. The third kappa shape index (κ3) is 4.13. The number of hydrogen-bond acceptors (Lipinski definition) is 4. The highest BCUT2D eigenvalue weighted by Crippen LogP contribution is 2.20. The lowest BCUT2D eigenvalue weighted by molar-refractivity contribution is 0.0958. The fourth-order valence-corrected chi connectivity index (χ4v) is 2.63. The molecule has 3 aromatic rings. The van der Waals surface area contributed by atoms with Crippen molar-refractivity contribution in [1.29, 1.82) is 0 Å². The fourth-order valence-electron chi connectivity index (χ4n) is 2.63. The van der Waals surface area contributed by atoms with Crippen LogP contribution >= 0.6 is 0 Å². The lowest BCUT2D eigenvalue weighted by Gasteiger charge is -2.17. The first-order valence-corrected chi connectivity index (χ1v) is 8.56. The second-order valence-corrected chi connectivity index (χ2v) is 6.32. The maximum absolute atomic E-state index is 13.6. The van der Waals surface area contributed by atoms with E-state index in [9.17, 15) is 18.8 Å². The predicted octanol–water partition coefficient (Wildman–Crippen LogP) is 2.49. The minimum absolute atomic E-state index is 0.0731. The summed E-state index contributed by atoms with van der Waals surface area (Å²) >= 11 is 0. The SMILES string of the molecule is Cc1ccc(C(=O)Nc2ccc(N(C)C(=O)c3nc[nH]c3C(N)=O)cc2)cc1F. The molecule has 0 spiro atoms. The van der Waals surface area contributed by atoms with Gasteiger partial charge in [0.05, 0.1) is 6.33 Å². The van der Waals surface area contributed by atoms with Crippen molar-refractivity contribution >= 4 is 29.1 Å². The van der Waals surface area contributed by atoms with E-state index in [0.29, 0.717) is 16.9 Å². The van der Waals surface area contributed by atoms with E-state index in [2.05, 4.69) is 15.3 Å². The molecule has 0 saturated carbocycles. The number of nitrogens with one attached hydrogen (secondary N) is 2. The zero-order valence-corrected chi connectivity index (χ0v) is 15.7. The second-order valence-electron chi connectivity index (χ2n) is 6.32. The molecule has 148 valence electrons. The zero-order chi connectivity index (χ0) is 21.1. The van der Waals surface area contributed by atoms with Crippen molar-refractivity contribution in [2.75, 3.05) is 17.3 Å². The van der Waals surface area contributed by atoms with E-state index in [0.717, 1.165) is 0 Å². The van der Waals surface area contributed by atoms with Gasteiger partial charge in [-0.1, -0.05) is 6.07 Å². The van der Waals surface area contributed by atoms with Crippen LogP contribution in [0.5, 0.6) is 0 Å². The van der Waals surface area contributed by atoms with E-state index >= 15 is 0 Å². The Labute approximate surface area is 165 Å². The van der Waals surface area contributed by atoms with Crippen LogP contribution in [0, 0.1) is 12.7 Å². The summed E-state index contributed by atoms with van der Waals surface area (Å²) in [6, 6.07) is 10.7. The van der Waals surface area contributed by atoms with Crippen LogP contribution in [-0.4, -0.2) is 34.7 Å². The summed E-state index contributed by atoms with van der Waals surface area (Å²) < 4.78 is 13.6. The number of nitrogens with zero attached hydrogens (tertiary/aromatic N) is 2. The Morgan fingerprint density at radius 3 is 2.45 bits per heavy atom. The molecule has 0 radical (unpaired) electrons. The number of aryl methyl sites for hydroxylation is 1. The van der Waals surface area contributed by atoms with Crippen molar-refractivity contribution in [3.63, 3.8) is 0 Å². The lowest BCUT2D eigenvalue weighted by atomic mass is 10.1. The molecule has 0 fully saturated rings. The van der Waals surface area contributed by atoms with Crippen molar-refractivity contribution in [3.05, 3.63) is 77.1 Å². The molecule has 9 heteroatoms. The Morgan fingerprint density at radius 1 is 1.14 bits per heavy atom. The number of benzene rings is 2. The maximum atomic E-state index is 13.6. The van der Waals surface area contributed by atoms with Crippen LogP contribution in [0.2, 0.25) is 0 Å². The number of aromatic amines is 1. The molecule has 2 aromatic carbocycles. The first kappa shape index (κ1) is 19.7. The van der Waals surface area contributed by atoms with Gasteiger partial charge in [0.15, 0.2) is 5.69 Å². The maximum Gasteiger partial charge on any atom is 0.279 e. The average Bonchev–Trinajstić information content (AvgIpc) is 3.19.